The van der Waals surface area contributed by atoms with E-state index in [0.717, 1.165) is 19.3 Å². The lowest BCUT2D eigenvalue weighted by Crippen LogP contribution is -2.37. The quantitative estimate of drug-likeness (QED) is 0.0253. The summed E-state index contributed by atoms with van der Waals surface area (Å²) < 4.78 is 27.3. The van der Waals surface area contributed by atoms with E-state index < -0.39 is 20.5 Å². The lowest BCUT2D eigenvalue weighted by molar-refractivity contribution is -0.870. The molecule has 0 aromatic carbocycles. The molecule has 0 fully saturated rings. The zero-order valence-corrected chi connectivity index (χ0v) is 25.8. The van der Waals surface area contributed by atoms with Gasteiger partial charge < -0.3 is 14.1 Å². The molecule has 0 aliphatic carbocycles. The number of nitrogens with zero attached hydrogens (tertiary/aromatic N) is 1. The van der Waals surface area contributed by atoms with Crippen LogP contribution < -0.4 is 0 Å². The van der Waals surface area contributed by atoms with Gasteiger partial charge in [-0.1, -0.05) is 110 Å². The number of unbranched alkanes of at least 4 members (excludes halogenated alkanes) is 16. The van der Waals surface area contributed by atoms with Crippen molar-refractivity contribution in [3.05, 3.63) is 0 Å². The Balaban J connectivity index is 3.60. The third-order valence-electron chi connectivity index (χ3n) is 6.50. The molecule has 0 aromatic heterocycles. The maximum absolute atomic E-state index is 11.9. The van der Waals surface area contributed by atoms with Crippen LogP contribution in [-0.2, 0) is 28.0 Å². The second kappa shape index (κ2) is 24.3. The highest BCUT2D eigenvalue weighted by Gasteiger charge is 2.25. The first-order valence-corrected chi connectivity index (χ1v) is 16.5. The fraction of sp³-hybridized carbons (Fsp3) is 0.964. The number of quaternary nitrogens is 1. The summed E-state index contributed by atoms with van der Waals surface area (Å²) in [6, 6.07) is 0. The highest BCUT2D eigenvalue weighted by atomic mass is 31.2. The molecule has 2 atom stereocenters. The van der Waals surface area contributed by atoms with E-state index in [1.54, 1.807) is 0 Å². The van der Waals surface area contributed by atoms with Crippen LogP contribution in [0.4, 0.5) is 0 Å². The van der Waals surface area contributed by atoms with Crippen molar-refractivity contribution in [1.82, 2.24) is 0 Å². The molecule has 0 amide bonds. The maximum Gasteiger partial charge on any atom is 0.472 e. The van der Waals surface area contributed by atoms with E-state index in [4.69, 9.17) is 19.0 Å². The van der Waals surface area contributed by atoms with Crippen molar-refractivity contribution in [2.24, 2.45) is 0 Å². The van der Waals surface area contributed by atoms with Gasteiger partial charge in [-0.2, -0.15) is 0 Å². The van der Waals surface area contributed by atoms with Gasteiger partial charge in [-0.15, -0.1) is 0 Å². The number of rotatable bonds is 28. The monoisotopic (exact) mass is 568 g/mol. The Hall–Kier alpha value is -0.540. The van der Waals surface area contributed by atoms with Crippen molar-refractivity contribution in [2.75, 3.05) is 47.5 Å². The molecule has 0 spiro atoms. The minimum Gasteiger partial charge on any atom is -0.463 e. The Morgan fingerprint density at radius 3 is 1.61 bits per heavy atom. The second-order valence-electron chi connectivity index (χ2n) is 11.4. The van der Waals surface area contributed by atoms with Crippen LogP contribution in [0, 0.1) is 0 Å². The maximum atomic E-state index is 11.9. The van der Waals surface area contributed by atoms with Gasteiger partial charge in [0, 0.05) is 6.42 Å². The molecule has 0 saturated carbocycles. The molecule has 9 nitrogen and oxygen atoms in total. The first-order valence-electron chi connectivity index (χ1n) is 15.0. The molecule has 228 valence electrons. The van der Waals surface area contributed by atoms with E-state index in [0.29, 0.717) is 17.4 Å². The van der Waals surface area contributed by atoms with E-state index in [2.05, 4.69) is 11.8 Å². The smallest absolute Gasteiger partial charge is 0.463 e. The summed E-state index contributed by atoms with van der Waals surface area (Å²) in [5.41, 5.74) is 0. The van der Waals surface area contributed by atoms with Crippen LogP contribution in [-0.4, -0.2) is 74.2 Å². The number of hydrogen-bond donors (Lipinski definition) is 2. The van der Waals surface area contributed by atoms with Crippen LogP contribution in [0.3, 0.4) is 0 Å². The Morgan fingerprint density at radius 1 is 0.737 bits per heavy atom. The Labute approximate surface area is 232 Å². The van der Waals surface area contributed by atoms with Crippen molar-refractivity contribution in [3.63, 3.8) is 0 Å². The highest BCUT2D eigenvalue weighted by molar-refractivity contribution is 7.47. The van der Waals surface area contributed by atoms with Crippen molar-refractivity contribution in [2.45, 2.75) is 129 Å². The molecule has 0 aliphatic rings. The minimum absolute atomic E-state index is 0.0380. The Kier molecular flexibility index (Phi) is 23.9. The van der Waals surface area contributed by atoms with Crippen LogP contribution in [0.5, 0.6) is 0 Å². The first kappa shape index (κ1) is 37.5. The molecule has 0 saturated heterocycles. The van der Waals surface area contributed by atoms with E-state index in [9.17, 15) is 14.3 Å². The predicted octanol–water partition coefficient (Wildman–Crippen LogP) is 7.27. The van der Waals surface area contributed by atoms with Gasteiger partial charge in [0.25, 0.3) is 0 Å². The molecule has 0 aromatic rings. The van der Waals surface area contributed by atoms with Gasteiger partial charge in [-0.05, 0) is 6.42 Å². The number of carbonyl (C=O) groups excluding carboxylic acids is 1. The van der Waals surface area contributed by atoms with Crippen molar-refractivity contribution in [1.29, 1.82) is 0 Å². The fourth-order valence-corrected chi connectivity index (χ4v) is 4.75. The lowest BCUT2D eigenvalue weighted by Gasteiger charge is -2.24. The standard InChI is InChI=1S/C28H58NO8P/c1-5-6-7-8-9-10-11-12-13-14-15-16-17-18-19-20-21-22-28(30)34-25-27(37-31)26-36-38(32,33)35-24-23-29(2,3)4/h27H,5-26H2,1-4H3,(H-,31,32,33)/p+1/t27-/m1/s1. The number of hydrogen-bond acceptors (Lipinski definition) is 7. The van der Waals surface area contributed by atoms with Gasteiger partial charge in [-0.3, -0.25) is 19.1 Å². The molecule has 0 bridgehead atoms. The van der Waals surface area contributed by atoms with Crippen LogP contribution in [0.25, 0.3) is 0 Å². The number of phosphoric ester groups is 1. The zero-order chi connectivity index (χ0) is 28.5. The normalized spacial score (nSPS) is 14.4. The molecular formula is C28H59NO8P+. The van der Waals surface area contributed by atoms with Crippen molar-refractivity contribution in [3.8, 4) is 0 Å². The average Bonchev–Trinajstić information content (AvgIpc) is 2.85. The van der Waals surface area contributed by atoms with E-state index in [1.807, 2.05) is 21.1 Å². The topological polar surface area (TPSA) is 112 Å². The fourth-order valence-electron chi connectivity index (χ4n) is 4.01. The van der Waals surface area contributed by atoms with Crippen molar-refractivity contribution < 1.29 is 42.7 Å². The van der Waals surface area contributed by atoms with Gasteiger partial charge >= 0.3 is 13.8 Å². The number of carbonyl (C=O) groups is 1. The number of esters is 1. The molecular weight excluding hydrogens is 509 g/mol. The lowest BCUT2D eigenvalue weighted by atomic mass is 10.0. The van der Waals surface area contributed by atoms with Crippen LogP contribution >= 0.6 is 7.82 Å². The summed E-state index contributed by atoms with van der Waals surface area (Å²) in [5, 5.41) is 8.96. The van der Waals surface area contributed by atoms with Gasteiger partial charge in [0.1, 0.15) is 19.8 Å². The molecule has 0 heterocycles. The number of ether oxygens (including phenoxy) is 1. The molecule has 1 unspecified atom stereocenters. The third kappa shape index (κ3) is 27.0. The van der Waals surface area contributed by atoms with E-state index in [-0.39, 0.29) is 19.2 Å². The largest absolute Gasteiger partial charge is 0.472 e. The summed E-state index contributed by atoms with van der Waals surface area (Å²) in [6.07, 6.45) is 21.0. The summed E-state index contributed by atoms with van der Waals surface area (Å²) in [6.45, 7) is 2.11. The molecule has 38 heavy (non-hydrogen) atoms. The van der Waals surface area contributed by atoms with E-state index >= 15 is 0 Å². The molecule has 0 radical (unpaired) electrons. The summed E-state index contributed by atoms with van der Waals surface area (Å²) in [4.78, 5) is 25.8. The molecule has 0 rings (SSSR count). The highest BCUT2D eigenvalue weighted by Crippen LogP contribution is 2.43. The van der Waals surface area contributed by atoms with Gasteiger partial charge in [0.15, 0.2) is 6.10 Å². The summed E-state index contributed by atoms with van der Waals surface area (Å²) >= 11 is 0. The number of likely N-dealkylation sites (N-methyl/N-ethyl adjacent to an activating group) is 1. The first-order chi connectivity index (χ1) is 18.1. The summed E-state index contributed by atoms with van der Waals surface area (Å²) in [5.74, 6) is -0.389. The zero-order valence-electron chi connectivity index (χ0n) is 24.9. The predicted molar refractivity (Wildman–Crippen MR) is 152 cm³/mol. The third-order valence-corrected chi connectivity index (χ3v) is 7.49. The Morgan fingerprint density at radius 2 is 1.18 bits per heavy atom. The number of phosphoric acid groups is 1. The molecule has 2 N–H and O–H groups in total. The summed E-state index contributed by atoms with van der Waals surface area (Å²) in [7, 11) is 1.50. The van der Waals surface area contributed by atoms with E-state index in [1.165, 1.54) is 89.9 Å². The molecule has 0 aliphatic heterocycles. The van der Waals surface area contributed by atoms with Gasteiger partial charge in [0.2, 0.25) is 0 Å². The molecule has 10 heteroatoms. The van der Waals surface area contributed by atoms with Crippen LogP contribution in [0.1, 0.15) is 122 Å². The van der Waals surface area contributed by atoms with Crippen LogP contribution in [0.15, 0.2) is 0 Å². The minimum atomic E-state index is -4.28. The van der Waals surface area contributed by atoms with Gasteiger partial charge in [0.05, 0.1) is 27.7 Å². The second-order valence-corrected chi connectivity index (χ2v) is 12.9. The van der Waals surface area contributed by atoms with Crippen LogP contribution in [0.2, 0.25) is 0 Å². The SMILES string of the molecule is CCCCCCCCCCCCCCCCCCCC(=O)OC[C@H](COP(=O)(O)OCC[N+](C)(C)C)OO. The van der Waals surface area contributed by atoms with Gasteiger partial charge in [-0.25, -0.2) is 9.45 Å². The average molecular weight is 569 g/mol. The van der Waals surface area contributed by atoms with Crippen molar-refractivity contribution >= 4 is 13.8 Å². The Bertz CT molecular complexity index is 600.